The van der Waals surface area contributed by atoms with Crippen LogP contribution in [0.25, 0.3) is 0 Å². The van der Waals surface area contributed by atoms with Crippen LogP contribution in [-0.2, 0) is 11.2 Å². The van der Waals surface area contributed by atoms with Crippen LogP contribution in [0.5, 0.6) is 11.5 Å². The second kappa shape index (κ2) is 8.80. The lowest BCUT2D eigenvalue weighted by molar-refractivity contribution is -0.120. The Kier molecular flexibility index (Phi) is 6.22. The summed E-state index contributed by atoms with van der Waals surface area (Å²) in [6.07, 6.45) is 1.44. The van der Waals surface area contributed by atoms with Crippen molar-refractivity contribution in [3.05, 3.63) is 53.6 Å². The van der Waals surface area contributed by atoms with Gasteiger partial charge in [0.1, 0.15) is 0 Å². The van der Waals surface area contributed by atoms with Crippen molar-refractivity contribution in [1.82, 2.24) is 5.32 Å². The van der Waals surface area contributed by atoms with E-state index in [4.69, 9.17) is 9.47 Å². The number of nitrogens with zero attached hydrogens (tertiary/aromatic N) is 1. The van der Waals surface area contributed by atoms with Crippen LogP contribution in [0, 0.1) is 12.8 Å². The molecule has 144 valence electrons. The zero-order valence-electron chi connectivity index (χ0n) is 16.3. The highest BCUT2D eigenvalue weighted by Crippen LogP contribution is 2.28. The topological polar surface area (TPSA) is 50.8 Å². The van der Waals surface area contributed by atoms with Crippen LogP contribution >= 0.6 is 0 Å². The number of anilines is 1. The number of rotatable bonds is 7. The molecule has 5 nitrogen and oxygen atoms in total. The minimum Gasteiger partial charge on any atom is -0.493 e. The highest BCUT2D eigenvalue weighted by Gasteiger charge is 2.23. The molecule has 1 heterocycles. The molecule has 0 aromatic heterocycles. The lowest BCUT2D eigenvalue weighted by Gasteiger charge is -2.21. The first kappa shape index (κ1) is 19.1. The SMILES string of the molecule is COc1ccc(CC(=O)NCC2CCN(c3ccccc3C)C2)cc1OC. The zero-order valence-corrected chi connectivity index (χ0v) is 16.3. The maximum Gasteiger partial charge on any atom is 0.224 e. The van der Waals surface area contributed by atoms with E-state index in [1.54, 1.807) is 14.2 Å². The number of ether oxygens (including phenoxy) is 2. The van der Waals surface area contributed by atoms with Gasteiger partial charge in [0.05, 0.1) is 20.6 Å². The minimum atomic E-state index is 0.0385. The van der Waals surface area contributed by atoms with Crippen molar-refractivity contribution >= 4 is 11.6 Å². The molecule has 1 amide bonds. The minimum absolute atomic E-state index is 0.0385. The number of carbonyl (C=O) groups is 1. The van der Waals surface area contributed by atoms with Crippen LogP contribution in [0.3, 0.4) is 0 Å². The average molecular weight is 368 g/mol. The van der Waals surface area contributed by atoms with Gasteiger partial charge >= 0.3 is 0 Å². The molecule has 0 spiro atoms. The number of hydrogen-bond acceptors (Lipinski definition) is 4. The number of benzene rings is 2. The molecular formula is C22H28N2O3. The number of carbonyl (C=O) groups excluding carboxylic acids is 1. The number of para-hydroxylation sites is 1. The number of nitrogens with one attached hydrogen (secondary N) is 1. The van der Waals surface area contributed by atoms with Gasteiger partial charge in [-0.25, -0.2) is 0 Å². The second-order valence-electron chi connectivity index (χ2n) is 7.06. The molecule has 1 N–H and O–H groups in total. The van der Waals surface area contributed by atoms with Crippen molar-refractivity contribution in [3.63, 3.8) is 0 Å². The Bertz CT molecular complexity index is 791. The number of aryl methyl sites for hydroxylation is 1. The van der Waals surface area contributed by atoms with Gasteiger partial charge in [0.25, 0.3) is 0 Å². The van der Waals surface area contributed by atoms with Gasteiger partial charge in [-0.2, -0.15) is 0 Å². The predicted molar refractivity (Wildman–Crippen MR) is 108 cm³/mol. The fraction of sp³-hybridized carbons (Fsp3) is 0.409. The highest BCUT2D eigenvalue weighted by molar-refractivity contribution is 5.78. The van der Waals surface area contributed by atoms with Gasteiger partial charge in [-0.05, 0) is 48.6 Å². The molecule has 0 aliphatic carbocycles. The molecule has 1 saturated heterocycles. The molecule has 0 radical (unpaired) electrons. The van der Waals surface area contributed by atoms with Gasteiger partial charge in [0.2, 0.25) is 5.91 Å². The summed E-state index contributed by atoms with van der Waals surface area (Å²) in [5, 5.41) is 3.09. The Labute approximate surface area is 161 Å². The third-order valence-electron chi connectivity index (χ3n) is 5.14. The third kappa shape index (κ3) is 4.73. The monoisotopic (exact) mass is 368 g/mol. The molecule has 2 aromatic rings. The normalized spacial score (nSPS) is 16.3. The zero-order chi connectivity index (χ0) is 19.2. The molecule has 5 heteroatoms. The van der Waals surface area contributed by atoms with Gasteiger partial charge in [-0.3, -0.25) is 4.79 Å². The predicted octanol–water partition coefficient (Wildman–Crippen LogP) is 3.20. The van der Waals surface area contributed by atoms with Gasteiger partial charge in [0.15, 0.2) is 11.5 Å². The summed E-state index contributed by atoms with van der Waals surface area (Å²) in [5.41, 5.74) is 3.52. The highest BCUT2D eigenvalue weighted by atomic mass is 16.5. The van der Waals surface area contributed by atoms with Gasteiger partial charge in [0, 0.05) is 25.3 Å². The van der Waals surface area contributed by atoms with Crippen LogP contribution < -0.4 is 19.7 Å². The fourth-order valence-corrected chi connectivity index (χ4v) is 3.63. The summed E-state index contributed by atoms with van der Waals surface area (Å²) in [6, 6.07) is 14.1. The summed E-state index contributed by atoms with van der Waals surface area (Å²) in [4.78, 5) is 14.7. The second-order valence-corrected chi connectivity index (χ2v) is 7.06. The molecule has 1 aliphatic heterocycles. The summed E-state index contributed by atoms with van der Waals surface area (Å²) < 4.78 is 10.5. The van der Waals surface area contributed by atoms with Crippen LogP contribution in [0.4, 0.5) is 5.69 Å². The van der Waals surface area contributed by atoms with Crippen LogP contribution in [0.15, 0.2) is 42.5 Å². The lowest BCUT2D eigenvalue weighted by Crippen LogP contribution is -2.32. The van der Waals surface area contributed by atoms with E-state index in [2.05, 4.69) is 41.4 Å². The van der Waals surface area contributed by atoms with Gasteiger partial charge in [-0.15, -0.1) is 0 Å². The first-order valence-corrected chi connectivity index (χ1v) is 9.39. The van der Waals surface area contributed by atoms with E-state index in [1.165, 1.54) is 11.3 Å². The van der Waals surface area contributed by atoms with Gasteiger partial charge in [-0.1, -0.05) is 24.3 Å². The molecule has 3 rings (SSSR count). The molecule has 1 atom stereocenters. The Morgan fingerprint density at radius 3 is 2.67 bits per heavy atom. The molecule has 0 saturated carbocycles. The number of amides is 1. The Balaban J connectivity index is 1.49. The van der Waals surface area contributed by atoms with E-state index in [0.29, 0.717) is 30.4 Å². The molecule has 27 heavy (non-hydrogen) atoms. The lowest BCUT2D eigenvalue weighted by atomic mass is 10.1. The molecule has 2 aromatic carbocycles. The molecule has 1 unspecified atom stereocenters. The number of hydrogen-bond donors (Lipinski definition) is 1. The maximum absolute atomic E-state index is 12.3. The third-order valence-corrected chi connectivity index (χ3v) is 5.14. The van der Waals surface area contributed by atoms with E-state index in [-0.39, 0.29) is 5.91 Å². The Morgan fingerprint density at radius 1 is 1.15 bits per heavy atom. The van der Waals surface area contributed by atoms with Crippen molar-refractivity contribution in [3.8, 4) is 11.5 Å². The summed E-state index contributed by atoms with van der Waals surface area (Å²) >= 11 is 0. The Hall–Kier alpha value is -2.69. The van der Waals surface area contributed by atoms with Crippen molar-refractivity contribution in [2.45, 2.75) is 19.8 Å². The summed E-state index contributed by atoms with van der Waals surface area (Å²) in [6.45, 7) is 4.89. The maximum atomic E-state index is 12.3. The van der Waals surface area contributed by atoms with E-state index in [9.17, 15) is 4.79 Å². The van der Waals surface area contributed by atoms with E-state index in [1.807, 2.05) is 18.2 Å². The smallest absolute Gasteiger partial charge is 0.224 e. The van der Waals surface area contributed by atoms with Crippen molar-refractivity contribution in [2.75, 3.05) is 38.8 Å². The quantitative estimate of drug-likeness (QED) is 0.815. The van der Waals surface area contributed by atoms with Crippen LogP contribution in [0.1, 0.15) is 17.5 Å². The molecular weight excluding hydrogens is 340 g/mol. The van der Waals surface area contributed by atoms with E-state index in [0.717, 1.165) is 25.1 Å². The van der Waals surface area contributed by atoms with E-state index >= 15 is 0 Å². The first-order valence-electron chi connectivity index (χ1n) is 9.39. The van der Waals surface area contributed by atoms with Crippen molar-refractivity contribution in [1.29, 1.82) is 0 Å². The fourth-order valence-electron chi connectivity index (χ4n) is 3.63. The van der Waals surface area contributed by atoms with Crippen molar-refractivity contribution in [2.24, 2.45) is 5.92 Å². The first-order chi connectivity index (χ1) is 13.1. The van der Waals surface area contributed by atoms with E-state index < -0.39 is 0 Å². The summed E-state index contributed by atoms with van der Waals surface area (Å²) in [5.74, 6) is 1.84. The van der Waals surface area contributed by atoms with Crippen LogP contribution in [0.2, 0.25) is 0 Å². The standard InChI is InChI=1S/C22H28N2O3/c1-16-6-4-5-7-19(16)24-11-10-18(15-24)14-23-22(25)13-17-8-9-20(26-2)21(12-17)27-3/h4-9,12,18H,10-11,13-15H2,1-3H3,(H,23,25). The summed E-state index contributed by atoms with van der Waals surface area (Å²) in [7, 11) is 3.20. The molecule has 0 bridgehead atoms. The number of methoxy groups -OCH3 is 2. The largest absolute Gasteiger partial charge is 0.493 e. The van der Waals surface area contributed by atoms with Gasteiger partial charge < -0.3 is 19.7 Å². The Morgan fingerprint density at radius 2 is 1.93 bits per heavy atom. The van der Waals surface area contributed by atoms with Crippen molar-refractivity contribution < 1.29 is 14.3 Å². The molecule has 1 fully saturated rings. The average Bonchev–Trinajstić information content (AvgIpc) is 3.15. The van der Waals surface area contributed by atoms with Crippen LogP contribution in [-0.4, -0.2) is 39.8 Å². The molecule has 1 aliphatic rings.